The second-order valence-corrected chi connectivity index (χ2v) is 4.70. The molecule has 0 radical (unpaired) electrons. The number of aryl methyl sites for hydroxylation is 2. The standard InChI is InChI=1S/C15H13ClO2/c1-9-4-3-5-13(14(9)15(17)18)12-7-6-11(16)8-10(12)2/h3-8H,1-2H3,(H,17,18). The van der Waals surface area contributed by atoms with Crippen LogP contribution < -0.4 is 0 Å². The Morgan fingerprint density at radius 3 is 2.39 bits per heavy atom. The van der Waals surface area contributed by atoms with Gasteiger partial charge in [-0.2, -0.15) is 0 Å². The molecule has 0 amide bonds. The predicted octanol–water partition coefficient (Wildman–Crippen LogP) is 4.32. The van der Waals surface area contributed by atoms with Gasteiger partial charge in [0.2, 0.25) is 0 Å². The van der Waals surface area contributed by atoms with Crippen molar-refractivity contribution in [3.63, 3.8) is 0 Å². The molecule has 2 aromatic carbocycles. The molecule has 0 spiro atoms. The molecule has 1 N–H and O–H groups in total. The summed E-state index contributed by atoms with van der Waals surface area (Å²) in [5, 5.41) is 9.98. The first-order chi connectivity index (χ1) is 8.50. The van der Waals surface area contributed by atoms with Crippen LogP contribution in [0.3, 0.4) is 0 Å². The van der Waals surface area contributed by atoms with Crippen molar-refractivity contribution >= 4 is 17.6 Å². The maximum atomic E-state index is 11.4. The minimum absolute atomic E-state index is 0.350. The van der Waals surface area contributed by atoms with Gasteiger partial charge in [0.05, 0.1) is 5.56 Å². The number of aromatic carboxylic acids is 1. The molecule has 0 aliphatic rings. The topological polar surface area (TPSA) is 37.3 Å². The van der Waals surface area contributed by atoms with Gasteiger partial charge in [0, 0.05) is 5.02 Å². The van der Waals surface area contributed by atoms with Crippen LogP contribution in [0.5, 0.6) is 0 Å². The lowest BCUT2D eigenvalue weighted by atomic mass is 9.93. The van der Waals surface area contributed by atoms with Gasteiger partial charge < -0.3 is 5.11 Å². The maximum Gasteiger partial charge on any atom is 0.336 e. The average Bonchev–Trinajstić information content (AvgIpc) is 2.28. The number of carboxylic acids is 1. The van der Waals surface area contributed by atoms with Crippen molar-refractivity contribution in [2.75, 3.05) is 0 Å². The van der Waals surface area contributed by atoms with Crippen LogP contribution in [0.2, 0.25) is 5.02 Å². The molecule has 0 saturated heterocycles. The number of benzene rings is 2. The number of halogens is 1. The molecule has 2 nitrogen and oxygen atoms in total. The van der Waals surface area contributed by atoms with Gasteiger partial charge in [-0.3, -0.25) is 0 Å². The Hall–Kier alpha value is -1.80. The fraction of sp³-hybridized carbons (Fsp3) is 0.133. The van der Waals surface area contributed by atoms with E-state index in [1.807, 2.05) is 31.2 Å². The molecule has 2 rings (SSSR count). The van der Waals surface area contributed by atoms with E-state index < -0.39 is 5.97 Å². The van der Waals surface area contributed by atoms with Crippen LogP contribution in [-0.2, 0) is 0 Å². The summed E-state index contributed by atoms with van der Waals surface area (Å²) in [6.45, 7) is 3.73. The van der Waals surface area contributed by atoms with E-state index in [1.165, 1.54) is 0 Å². The lowest BCUT2D eigenvalue weighted by molar-refractivity contribution is 0.0697. The van der Waals surface area contributed by atoms with Crippen molar-refractivity contribution in [3.8, 4) is 11.1 Å². The van der Waals surface area contributed by atoms with Crippen LogP contribution in [0.4, 0.5) is 0 Å². The Kier molecular flexibility index (Phi) is 3.39. The SMILES string of the molecule is Cc1cc(Cl)ccc1-c1cccc(C)c1C(=O)O. The number of carbonyl (C=O) groups is 1. The van der Waals surface area contributed by atoms with Crippen LogP contribution in [0, 0.1) is 13.8 Å². The van der Waals surface area contributed by atoms with Crippen LogP contribution in [-0.4, -0.2) is 11.1 Å². The Morgan fingerprint density at radius 1 is 1.06 bits per heavy atom. The van der Waals surface area contributed by atoms with Crippen molar-refractivity contribution in [3.05, 3.63) is 58.1 Å². The molecule has 0 aliphatic heterocycles. The summed E-state index contributed by atoms with van der Waals surface area (Å²) in [7, 11) is 0. The quantitative estimate of drug-likeness (QED) is 0.873. The van der Waals surface area contributed by atoms with Crippen molar-refractivity contribution in [2.24, 2.45) is 0 Å². The number of hydrogen-bond donors (Lipinski definition) is 1. The first kappa shape index (κ1) is 12.7. The summed E-state index contributed by atoms with van der Waals surface area (Å²) in [5.74, 6) is -0.905. The summed E-state index contributed by atoms with van der Waals surface area (Å²) < 4.78 is 0. The van der Waals surface area contributed by atoms with E-state index in [9.17, 15) is 9.90 Å². The Bertz CT molecular complexity index is 618. The highest BCUT2D eigenvalue weighted by atomic mass is 35.5. The molecule has 0 aromatic heterocycles. The van der Waals surface area contributed by atoms with E-state index in [4.69, 9.17) is 11.6 Å². The monoisotopic (exact) mass is 260 g/mol. The van der Waals surface area contributed by atoms with Crippen molar-refractivity contribution < 1.29 is 9.90 Å². The van der Waals surface area contributed by atoms with Crippen molar-refractivity contribution in [1.82, 2.24) is 0 Å². The number of carboxylic acid groups (broad SMARTS) is 1. The van der Waals surface area contributed by atoms with Gasteiger partial charge in [-0.25, -0.2) is 4.79 Å². The highest BCUT2D eigenvalue weighted by molar-refractivity contribution is 6.30. The summed E-state index contributed by atoms with van der Waals surface area (Å²) in [6.07, 6.45) is 0. The fourth-order valence-corrected chi connectivity index (χ4v) is 2.33. The highest BCUT2D eigenvalue weighted by Gasteiger charge is 2.15. The molecule has 0 atom stereocenters. The Morgan fingerprint density at radius 2 is 1.78 bits per heavy atom. The van der Waals surface area contributed by atoms with Gasteiger partial charge in [-0.05, 0) is 48.2 Å². The van der Waals surface area contributed by atoms with Crippen molar-refractivity contribution in [1.29, 1.82) is 0 Å². The van der Waals surface area contributed by atoms with E-state index >= 15 is 0 Å². The molecule has 3 heteroatoms. The van der Waals surface area contributed by atoms with Gasteiger partial charge in [0.15, 0.2) is 0 Å². The minimum Gasteiger partial charge on any atom is -0.478 e. The third-order valence-electron chi connectivity index (χ3n) is 2.97. The number of hydrogen-bond acceptors (Lipinski definition) is 1. The third kappa shape index (κ3) is 2.24. The van der Waals surface area contributed by atoms with Crippen LogP contribution >= 0.6 is 11.6 Å². The number of rotatable bonds is 2. The lowest BCUT2D eigenvalue weighted by Gasteiger charge is -2.11. The molecule has 92 valence electrons. The molecule has 18 heavy (non-hydrogen) atoms. The van der Waals surface area contributed by atoms with Gasteiger partial charge in [0.1, 0.15) is 0 Å². The Balaban J connectivity index is 2.71. The first-order valence-electron chi connectivity index (χ1n) is 5.60. The lowest BCUT2D eigenvalue weighted by Crippen LogP contribution is -2.03. The van der Waals surface area contributed by atoms with Gasteiger partial charge in [-0.15, -0.1) is 0 Å². The molecular formula is C15H13ClO2. The zero-order valence-electron chi connectivity index (χ0n) is 10.2. The highest BCUT2D eigenvalue weighted by Crippen LogP contribution is 2.30. The smallest absolute Gasteiger partial charge is 0.336 e. The zero-order valence-corrected chi connectivity index (χ0v) is 11.0. The summed E-state index contributed by atoms with van der Waals surface area (Å²) in [4.78, 5) is 11.4. The zero-order chi connectivity index (χ0) is 13.3. The second kappa shape index (κ2) is 4.83. The molecule has 0 bridgehead atoms. The predicted molar refractivity (Wildman–Crippen MR) is 73.3 cm³/mol. The van der Waals surface area contributed by atoms with Crippen LogP contribution in [0.25, 0.3) is 11.1 Å². The molecule has 0 saturated carbocycles. The fourth-order valence-electron chi connectivity index (χ4n) is 2.11. The molecule has 0 heterocycles. The van der Waals surface area contributed by atoms with Crippen molar-refractivity contribution in [2.45, 2.75) is 13.8 Å². The molecule has 2 aromatic rings. The summed E-state index contributed by atoms with van der Waals surface area (Å²) >= 11 is 5.92. The Labute approximate surface area is 111 Å². The van der Waals surface area contributed by atoms with E-state index in [0.29, 0.717) is 10.6 Å². The third-order valence-corrected chi connectivity index (χ3v) is 3.20. The van der Waals surface area contributed by atoms with E-state index in [1.54, 1.807) is 19.1 Å². The average molecular weight is 261 g/mol. The normalized spacial score (nSPS) is 10.4. The van der Waals surface area contributed by atoms with Gasteiger partial charge >= 0.3 is 5.97 Å². The van der Waals surface area contributed by atoms with Gasteiger partial charge in [0.25, 0.3) is 0 Å². The van der Waals surface area contributed by atoms with E-state index in [0.717, 1.165) is 22.3 Å². The van der Waals surface area contributed by atoms with Crippen LogP contribution in [0.15, 0.2) is 36.4 Å². The summed E-state index contributed by atoms with van der Waals surface area (Å²) in [6, 6.07) is 11.0. The molecule has 0 aliphatic carbocycles. The molecular weight excluding hydrogens is 248 g/mol. The first-order valence-corrected chi connectivity index (χ1v) is 5.98. The molecule has 0 unspecified atom stereocenters. The summed E-state index contributed by atoms with van der Waals surface area (Å²) in [5.41, 5.74) is 3.71. The second-order valence-electron chi connectivity index (χ2n) is 4.26. The van der Waals surface area contributed by atoms with Gasteiger partial charge in [-0.1, -0.05) is 35.9 Å². The van der Waals surface area contributed by atoms with Crippen LogP contribution in [0.1, 0.15) is 21.5 Å². The minimum atomic E-state index is -0.905. The molecule has 0 fully saturated rings. The largest absolute Gasteiger partial charge is 0.478 e. The maximum absolute atomic E-state index is 11.4. The van der Waals surface area contributed by atoms with E-state index in [2.05, 4.69) is 0 Å². The van der Waals surface area contributed by atoms with E-state index in [-0.39, 0.29) is 0 Å².